The minimum atomic E-state index is 0. The van der Waals surface area contributed by atoms with E-state index in [0.29, 0.717) is 0 Å². The molecule has 2 rings (SSSR count). The van der Waals surface area contributed by atoms with Gasteiger partial charge in [0.05, 0.1) is 0 Å². The first-order chi connectivity index (χ1) is 5.31. The Morgan fingerprint density at radius 3 is 1.71 bits per heavy atom. The fourth-order valence-electron chi connectivity index (χ4n) is 2.40. The van der Waals surface area contributed by atoms with Crippen LogP contribution in [0.25, 0.3) is 0 Å². The molecule has 2 aliphatic rings. The van der Waals surface area contributed by atoms with Crippen LogP contribution in [0.4, 0.5) is 0 Å². The molecule has 0 N–H and O–H groups in total. The Balaban J connectivity index is -0.000000229. The van der Waals surface area contributed by atoms with Gasteiger partial charge in [-0.15, -0.1) is 0 Å². The molecule has 1 spiro atoms. The predicted octanol–water partition coefficient (Wildman–Crippen LogP) is 5.91. The second kappa shape index (κ2) is 8.32. The number of rotatable bonds is 0. The van der Waals surface area contributed by atoms with Gasteiger partial charge in [-0.2, -0.15) is 0 Å². The van der Waals surface area contributed by atoms with E-state index in [9.17, 15) is 0 Å². The van der Waals surface area contributed by atoms with Crippen molar-refractivity contribution in [3.8, 4) is 0 Å². The minimum absolute atomic E-state index is 0. The van der Waals surface area contributed by atoms with Crippen LogP contribution >= 0.6 is 0 Å². The van der Waals surface area contributed by atoms with Crippen LogP contribution in [0.3, 0.4) is 0 Å². The molecule has 1 unspecified atom stereocenters. The Hall–Kier alpha value is 0. The van der Waals surface area contributed by atoms with Gasteiger partial charge in [-0.05, 0) is 37.0 Å². The monoisotopic (exact) mass is 202 g/mol. The Labute approximate surface area is 93.5 Å². The topological polar surface area (TPSA) is 0 Å². The van der Waals surface area contributed by atoms with Gasteiger partial charge in [0.15, 0.2) is 0 Å². The van der Waals surface area contributed by atoms with Gasteiger partial charge >= 0.3 is 0 Å². The SMILES string of the molecule is C.C.C.CC.CC1CCCC2(CC2)C1. The van der Waals surface area contributed by atoms with E-state index in [1.54, 1.807) is 25.7 Å². The first-order valence-electron chi connectivity index (χ1n) is 5.31. The highest BCUT2D eigenvalue weighted by molar-refractivity contribution is 4.96. The van der Waals surface area contributed by atoms with Crippen LogP contribution in [0, 0.1) is 11.3 Å². The van der Waals surface area contributed by atoms with Crippen LogP contribution < -0.4 is 0 Å². The Morgan fingerprint density at radius 2 is 1.43 bits per heavy atom. The van der Waals surface area contributed by atoms with Crippen LogP contribution in [-0.2, 0) is 0 Å². The summed E-state index contributed by atoms with van der Waals surface area (Å²) in [5, 5.41) is 0. The van der Waals surface area contributed by atoms with Crippen LogP contribution in [-0.4, -0.2) is 0 Å². The summed E-state index contributed by atoms with van der Waals surface area (Å²) < 4.78 is 0. The van der Waals surface area contributed by atoms with Gasteiger partial charge in [0.1, 0.15) is 0 Å². The Morgan fingerprint density at radius 1 is 0.929 bits per heavy atom. The zero-order valence-electron chi connectivity index (χ0n) is 8.32. The fraction of sp³-hybridized carbons (Fsp3) is 1.00. The lowest BCUT2D eigenvalue weighted by molar-refractivity contribution is 0.263. The van der Waals surface area contributed by atoms with E-state index in [-0.39, 0.29) is 22.3 Å². The summed E-state index contributed by atoms with van der Waals surface area (Å²) in [5.41, 5.74) is 0.900. The molecule has 0 amide bonds. The van der Waals surface area contributed by atoms with Crippen LogP contribution in [0.1, 0.15) is 81.6 Å². The zero-order chi connectivity index (χ0) is 8.32. The highest BCUT2D eigenvalue weighted by atomic mass is 14.5. The maximum Gasteiger partial charge on any atom is -0.0295 e. The van der Waals surface area contributed by atoms with Gasteiger partial charge in [-0.25, -0.2) is 0 Å². The molecular formula is C14H34. The molecule has 0 nitrogen and oxygen atoms in total. The fourth-order valence-corrected chi connectivity index (χ4v) is 2.40. The Kier molecular flexibility index (Phi) is 11.6. The highest BCUT2D eigenvalue weighted by Gasteiger charge is 2.44. The van der Waals surface area contributed by atoms with Crippen molar-refractivity contribution in [3.63, 3.8) is 0 Å². The molecule has 0 saturated heterocycles. The van der Waals surface area contributed by atoms with Crippen LogP contribution in [0.5, 0.6) is 0 Å². The smallest absolute Gasteiger partial charge is 0.0295 e. The third-order valence-electron chi connectivity index (χ3n) is 3.14. The van der Waals surface area contributed by atoms with Crippen molar-refractivity contribution >= 4 is 0 Å². The molecule has 0 radical (unpaired) electrons. The molecular weight excluding hydrogens is 168 g/mol. The molecule has 0 heterocycles. The van der Waals surface area contributed by atoms with E-state index in [1.165, 1.54) is 12.8 Å². The van der Waals surface area contributed by atoms with Crippen molar-refractivity contribution in [2.24, 2.45) is 11.3 Å². The van der Waals surface area contributed by atoms with Gasteiger partial charge in [0, 0.05) is 0 Å². The molecule has 0 heteroatoms. The predicted molar refractivity (Wildman–Crippen MR) is 70.8 cm³/mol. The van der Waals surface area contributed by atoms with Crippen molar-refractivity contribution in [2.75, 3.05) is 0 Å². The molecule has 2 aliphatic carbocycles. The summed E-state index contributed by atoms with van der Waals surface area (Å²) >= 11 is 0. The zero-order valence-corrected chi connectivity index (χ0v) is 8.32. The van der Waals surface area contributed by atoms with Gasteiger partial charge in [-0.1, -0.05) is 55.9 Å². The molecule has 1 atom stereocenters. The molecule has 14 heavy (non-hydrogen) atoms. The molecule has 0 aromatic carbocycles. The molecule has 0 aliphatic heterocycles. The summed E-state index contributed by atoms with van der Waals surface area (Å²) in [4.78, 5) is 0. The highest BCUT2D eigenvalue weighted by Crippen LogP contribution is 2.57. The summed E-state index contributed by atoms with van der Waals surface area (Å²) in [6, 6.07) is 0. The Bertz CT molecular complexity index is 111. The van der Waals surface area contributed by atoms with Crippen LogP contribution in [0.2, 0.25) is 0 Å². The lowest BCUT2D eigenvalue weighted by Crippen LogP contribution is -2.13. The van der Waals surface area contributed by atoms with Gasteiger partial charge in [0.25, 0.3) is 0 Å². The molecule has 2 saturated carbocycles. The van der Waals surface area contributed by atoms with E-state index in [0.717, 1.165) is 11.3 Å². The van der Waals surface area contributed by atoms with Crippen molar-refractivity contribution in [2.45, 2.75) is 81.6 Å². The largest absolute Gasteiger partial charge is 0.0776 e. The van der Waals surface area contributed by atoms with E-state index < -0.39 is 0 Å². The molecule has 0 aromatic rings. The summed E-state index contributed by atoms with van der Waals surface area (Å²) in [7, 11) is 0. The van der Waals surface area contributed by atoms with E-state index >= 15 is 0 Å². The van der Waals surface area contributed by atoms with Crippen molar-refractivity contribution in [1.82, 2.24) is 0 Å². The normalized spacial score (nSPS) is 25.5. The number of hydrogen-bond acceptors (Lipinski definition) is 0. The van der Waals surface area contributed by atoms with Crippen molar-refractivity contribution in [3.05, 3.63) is 0 Å². The first-order valence-corrected chi connectivity index (χ1v) is 5.31. The second-order valence-corrected chi connectivity index (χ2v) is 4.20. The lowest BCUT2D eigenvalue weighted by atomic mass is 9.80. The van der Waals surface area contributed by atoms with E-state index in [2.05, 4.69) is 6.92 Å². The van der Waals surface area contributed by atoms with E-state index in [4.69, 9.17) is 0 Å². The van der Waals surface area contributed by atoms with E-state index in [1.807, 2.05) is 13.8 Å². The number of hydrogen-bond donors (Lipinski definition) is 0. The standard InChI is InChI=1S/C9H16.C2H6.3CH4/c1-8-3-2-4-9(7-8)5-6-9;1-2;;;/h8H,2-7H2,1H3;1-2H3;3*1H4. The minimum Gasteiger partial charge on any atom is -0.0776 e. The van der Waals surface area contributed by atoms with Crippen molar-refractivity contribution < 1.29 is 0 Å². The second-order valence-electron chi connectivity index (χ2n) is 4.20. The molecule has 90 valence electrons. The molecule has 2 fully saturated rings. The third-order valence-corrected chi connectivity index (χ3v) is 3.14. The molecule has 0 aromatic heterocycles. The average molecular weight is 202 g/mol. The third kappa shape index (κ3) is 5.02. The average Bonchev–Trinajstić information content (AvgIpc) is 2.73. The quantitative estimate of drug-likeness (QED) is 0.458. The summed E-state index contributed by atoms with van der Waals surface area (Å²) in [6.45, 7) is 6.42. The first kappa shape index (κ1) is 19.6. The van der Waals surface area contributed by atoms with Gasteiger partial charge < -0.3 is 0 Å². The maximum atomic E-state index is 2.42. The van der Waals surface area contributed by atoms with Gasteiger partial charge in [-0.3, -0.25) is 0 Å². The van der Waals surface area contributed by atoms with Gasteiger partial charge in [0.2, 0.25) is 0 Å². The van der Waals surface area contributed by atoms with Crippen molar-refractivity contribution in [1.29, 1.82) is 0 Å². The molecule has 0 bridgehead atoms. The van der Waals surface area contributed by atoms with Crippen LogP contribution in [0.15, 0.2) is 0 Å². The maximum absolute atomic E-state index is 2.42. The summed E-state index contributed by atoms with van der Waals surface area (Å²) in [5.74, 6) is 1.04. The lowest BCUT2D eigenvalue weighted by Gasteiger charge is -2.25. The summed E-state index contributed by atoms with van der Waals surface area (Å²) in [6.07, 6.45) is 9.22.